The van der Waals surface area contributed by atoms with Gasteiger partial charge in [-0.15, -0.1) is 0 Å². The smallest absolute Gasteiger partial charge is 0.246 e. The molecule has 7 nitrogen and oxygen atoms in total. The van der Waals surface area contributed by atoms with Crippen molar-refractivity contribution < 1.29 is 17.9 Å². The number of amides is 1. The largest absolute Gasteiger partial charge is 0.492 e. The molecule has 8 heteroatoms. The molecular weight excluding hydrogens is 402 g/mol. The van der Waals surface area contributed by atoms with Gasteiger partial charge in [-0.1, -0.05) is 30.3 Å². The van der Waals surface area contributed by atoms with Crippen LogP contribution in [-0.2, 0) is 14.8 Å². The third-order valence-corrected chi connectivity index (χ3v) is 6.98. The van der Waals surface area contributed by atoms with Gasteiger partial charge in [0.05, 0.1) is 6.61 Å². The highest BCUT2D eigenvalue weighted by Crippen LogP contribution is 2.31. The molecule has 30 heavy (non-hydrogen) atoms. The molecule has 3 rings (SSSR count). The summed E-state index contributed by atoms with van der Waals surface area (Å²) in [7, 11) is -0.795. The third kappa shape index (κ3) is 4.83. The zero-order chi connectivity index (χ0) is 21.7. The zero-order valence-corrected chi connectivity index (χ0v) is 18.5. The van der Waals surface area contributed by atoms with Crippen molar-refractivity contribution in [1.82, 2.24) is 9.21 Å². The molecular formula is C22H29N3O4S. The molecule has 0 saturated carbocycles. The second-order valence-electron chi connectivity index (χ2n) is 7.43. The van der Waals surface area contributed by atoms with E-state index in [1.807, 2.05) is 30.3 Å². The number of carbonyl (C=O) groups is 1. The number of hydrogen-bond acceptors (Lipinski definition) is 5. The lowest BCUT2D eigenvalue weighted by Gasteiger charge is -2.27. The fraction of sp³-hybridized carbons (Fsp3) is 0.409. The molecule has 1 N–H and O–H groups in total. The molecule has 0 radical (unpaired) electrons. The molecule has 162 valence electrons. The molecule has 0 bridgehead atoms. The van der Waals surface area contributed by atoms with Crippen molar-refractivity contribution in [2.75, 3.05) is 39.1 Å². The number of likely N-dealkylation sites (tertiary alicyclic amines) is 1. The Bertz CT molecular complexity index is 971. The van der Waals surface area contributed by atoms with Crippen LogP contribution in [-0.4, -0.2) is 57.3 Å². The van der Waals surface area contributed by atoms with E-state index < -0.39 is 16.1 Å². The first-order chi connectivity index (χ1) is 14.3. The summed E-state index contributed by atoms with van der Waals surface area (Å²) in [4.78, 5) is 15.5. The average molecular weight is 432 g/mol. The van der Waals surface area contributed by atoms with Gasteiger partial charge in [-0.2, -0.15) is 0 Å². The predicted molar refractivity (Wildman–Crippen MR) is 117 cm³/mol. The van der Waals surface area contributed by atoms with E-state index in [2.05, 4.69) is 10.2 Å². The van der Waals surface area contributed by atoms with Crippen LogP contribution in [0, 0.1) is 0 Å². The lowest BCUT2D eigenvalue weighted by molar-refractivity contribution is -0.121. The Kier molecular flexibility index (Phi) is 7.12. The summed E-state index contributed by atoms with van der Waals surface area (Å²) in [6, 6.07) is 14.0. The molecule has 1 unspecified atom stereocenters. The number of ether oxygens (including phenoxy) is 1. The van der Waals surface area contributed by atoms with Crippen LogP contribution in [0.15, 0.2) is 53.4 Å². The summed E-state index contributed by atoms with van der Waals surface area (Å²) in [5.74, 6) is 0.0869. The van der Waals surface area contributed by atoms with Crippen LogP contribution in [0.25, 0.3) is 0 Å². The fourth-order valence-corrected chi connectivity index (χ4v) is 4.68. The SMILES string of the molecule is CCOc1ccc(NC(=O)C(c2ccccc2)N2CCCC2)cc1S(=O)(=O)N(C)C. The maximum atomic E-state index is 13.3. The van der Waals surface area contributed by atoms with Gasteiger partial charge in [-0.25, -0.2) is 12.7 Å². The number of anilines is 1. The van der Waals surface area contributed by atoms with Crippen molar-refractivity contribution >= 4 is 21.6 Å². The highest BCUT2D eigenvalue weighted by Gasteiger charge is 2.30. The molecule has 2 aromatic rings. The molecule has 0 aliphatic carbocycles. The second-order valence-corrected chi connectivity index (χ2v) is 9.55. The Morgan fingerprint density at radius 1 is 1.13 bits per heavy atom. The van der Waals surface area contributed by atoms with Crippen LogP contribution in [0.5, 0.6) is 5.75 Å². The molecule has 1 aliphatic rings. The normalized spacial score (nSPS) is 15.9. The Hall–Kier alpha value is -2.42. The Labute approximate surface area is 178 Å². The van der Waals surface area contributed by atoms with Crippen molar-refractivity contribution in [2.45, 2.75) is 30.7 Å². The third-order valence-electron chi connectivity index (χ3n) is 5.14. The van der Waals surface area contributed by atoms with Gasteiger partial charge < -0.3 is 10.1 Å². The van der Waals surface area contributed by atoms with E-state index in [9.17, 15) is 13.2 Å². The van der Waals surface area contributed by atoms with Gasteiger partial charge in [0.25, 0.3) is 0 Å². The van der Waals surface area contributed by atoms with E-state index in [-0.39, 0.29) is 16.6 Å². The number of benzene rings is 2. The van der Waals surface area contributed by atoms with E-state index in [0.29, 0.717) is 12.3 Å². The molecule has 0 aromatic heterocycles. The predicted octanol–water partition coefficient (Wildman–Crippen LogP) is 3.11. The lowest BCUT2D eigenvalue weighted by Crippen LogP contribution is -2.35. The van der Waals surface area contributed by atoms with Gasteiger partial charge in [-0.05, 0) is 56.6 Å². The second kappa shape index (κ2) is 9.59. The standard InChI is InChI=1S/C22H29N3O4S/c1-4-29-19-13-12-18(16-20(19)30(27,28)24(2)3)23-22(26)21(25-14-8-9-15-25)17-10-6-5-7-11-17/h5-7,10-13,16,21H,4,8-9,14-15H2,1-3H3,(H,23,26). The molecule has 0 spiro atoms. The van der Waals surface area contributed by atoms with E-state index in [4.69, 9.17) is 4.74 Å². The minimum atomic E-state index is -3.73. The molecule has 1 amide bonds. The lowest BCUT2D eigenvalue weighted by atomic mass is 10.0. The van der Waals surface area contributed by atoms with Gasteiger partial charge in [0.15, 0.2) is 0 Å². The fourth-order valence-electron chi connectivity index (χ4n) is 3.63. The number of sulfonamides is 1. The monoisotopic (exact) mass is 431 g/mol. The number of nitrogens with one attached hydrogen (secondary N) is 1. The van der Waals surface area contributed by atoms with Gasteiger partial charge in [0.2, 0.25) is 15.9 Å². The van der Waals surface area contributed by atoms with E-state index in [1.165, 1.54) is 20.2 Å². The summed E-state index contributed by atoms with van der Waals surface area (Å²) < 4.78 is 32.1. The van der Waals surface area contributed by atoms with Crippen LogP contribution in [0.1, 0.15) is 31.4 Å². The highest BCUT2D eigenvalue weighted by molar-refractivity contribution is 7.89. The minimum Gasteiger partial charge on any atom is -0.492 e. The van der Waals surface area contributed by atoms with Gasteiger partial charge in [-0.3, -0.25) is 9.69 Å². The van der Waals surface area contributed by atoms with Crippen molar-refractivity contribution in [1.29, 1.82) is 0 Å². The topological polar surface area (TPSA) is 79.0 Å². The van der Waals surface area contributed by atoms with Gasteiger partial charge in [0.1, 0.15) is 16.7 Å². The molecule has 1 saturated heterocycles. The summed E-state index contributed by atoms with van der Waals surface area (Å²) in [6.07, 6.45) is 2.12. The molecule has 1 atom stereocenters. The van der Waals surface area contributed by atoms with Crippen LogP contribution < -0.4 is 10.1 Å². The first-order valence-corrected chi connectivity index (χ1v) is 11.6. The quantitative estimate of drug-likeness (QED) is 0.695. The first kappa shape index (κ1) is 22.3. The Morgan fingerprint density at radius 2 is 1.80 bits per heavy atom. The summed E-state index contributed by atoms with van der Waals surface area (Å²) in [5.41, 5.74) is 1.34. The van der Waals surface area contributed by atoms with Crippen LogP contribution in [0.4, 0.5) is 5.69 Å². The number of hydrogen-bond donors (Lipinski definition) is 1. The van der Waals surface area contributed by atoms with E-state index >= 15 is 0 Å². The summed E-state index contributed by atoms with van der Waals surface area (Å²) in [6.45, 7) is 3.85. The van der Waals surface area contributed by atoms with E-state index in [0.717, 1.165) is 35.8 Å². The molecule has 1 heterocycles. The number of carbonyl (C=O) groups excluding carboxylic acids is 1. The van der Waals surface area contributed by atoms with Crippen LogP contribution >= 0.6 is 0 Å². The van der Waals surface area contributed by atoms with Crippen LogP contribution in [0.3, 0.4) is 0 Å². The van der Waals surface area contributed by atoms with Gasteiger partial charge >= 0.3 is 0 Å². The number of nitrogens with zero attached hydrogens (tertiary/aromatic N) is 2. The maximum absolute atomic E-state index is 13.3. The van der Waals surface area contributed by atoms with Crippen molar-refractivity contribution in [3.05, 3.63) is 54.1 Å². The highest BCUT2D eigenvalue weighted by atomic mass is 32.2. The summed E-state index contributed by atoms with van der Waals surface area (Å²) in [5, 5.41) is 2.92. The van der Waals surface area contributed by atoms with Crippen molar-refractivity contribution in [2.24, 2.45) is 0 Å². The Balaban J connectivity index is 1.93. The van der Waals surface area contributed by atoms with Crippen molar-refractivity contribution in [3.8, 4) is 5.75 Å². The summed E-state index contributed by atoms with van der Waals surface area (Å²) >= 11 is 0. The average Bonchev–Trinajstić information content (AvgIpc) is 3.24. The molecule has 2 aromatic carbocycles. The Morgan fingerprint density at radius 3 is 2.40 bits per heavy atom. The number of rotatable bonds is 8. The zero-order valence-electron chi connectivity index (χ0n) is 17.7. The minimum absolute atomic E-state index is 0.0320. The maximum Gasteiger partial charge on any atom is 0.246 e. The van der Waals surface area contributed by atoms with Crippen molar-refractivity contribution in [3.63, 3.8) is 0 Å². The van der Waals surface area contributed by atoms with E-state index in [1.54, 1.807) is 19.1 Å². The molecule has 1 fully saturated rings. The van der Waals surface area contributed by atoms with Crippen LogP contribution in [0.2, 0.25) is 0 Å². The van der Waals surface area contributed by atoms with Gasteiger partial charge in [0, 0.05) is 19.8 Å². The molecule has 1 aliphatic heterocycles. The first-order valence-electron chi connectivity index (χ1n) is 10.1.